The molecule has 4 heterocycles. The maximum absolute atomic E-state index is 16.9. The predicted molar refractivity (Wildman–Crippen MR) is 174 cm³/mol. The monoisotopic (exact) mass is 667 g/mol. The largest absolute Gasteiger partial charge is 0.461 e. The van der Waals surface area contributed by atoms with Gasteiger partial charge in [-0.3, -0.25) is 9.88 Å². The number of halogens is 4. The second-order valence-electron chi connectivity index (χ2n) is 11.6. The van der Waals surface area contributed by atoms with Crippen molar-refractivity contribution in [2.24, 2.45) is 0 Å². The zero-order valence-electron chi connectivity index (χ0n) is 25.3. The van der Waals surface area contributed by atoms with Crippen molar-refractivity contribution in [1.29, 1.82) is 5.26 Å². The number of nitrogens with zero attached hydrogens (tertiary/aromatic N) is 7. The zero-order valence-corrected chi connectivity index (χ0v) is 26.8. The lowest BCUT2D eigenvalue weighted by Gasteiger charge is -2.31. The van der Waals surface area contributed by atoms with E-state index in [0.29, 0.717) is 5.69 Å². The molecule has 1 fully saturated rings. The molecule has 1 saturated heterocycles. The van der Waals surface area contributed by atoms with Crippen molar-refractivity contribution in [3.8, 4) is 23.2 Å². The van der Waals surface area contributed by atoms with Crippen molar-refractivity contribution in [3.05, 3.63) is 58.5 Å². The highest BCUT2D eigenvalue weighted by molar-refractivity contribution is 7.23. The number of hydrogen-bond donors (Lipinski definition) is 2. The highest BCUT2D eigenvalue weighted by Gasteiger charge is 2.41. The number of benzene rings is 2. The summed E-state index contributed by atoms with van der Waals surface area (Å²) in [4.78, 5) is 21.2. The Labute approximate surface area is 271 Å². The molecule has 6 rings (SSSR count). The van der Waals surface area contributed by atoms with Crippen molar-refractivity contribution in [1.82, 2.24) is 24.8 Å². The maximum Gasteiger partial charge on any atom is 0.319 e. The van der Waals surface area contributed by atoms with Gasteiger partial charge in [-0.05, 0) is 38.6 Å². The van der Waals surface area contributed by atoms with E-state index in [2.05, 4.69) is 19.9 Å². The van der Waals surface area contributed by atoms with Crippen molar-refractivity contribution in [3.63, 3.8) is 0 Å². The first-order valence-corrected chi connectivity index (χ1v) is 15.4. The van der Waals surface area contributed by atoms with Crippen LogP contribution in [0.5, 0.6) is 6.01 Å². The first-order chi connectivity index (χ1) is 21.8. The minimum Gasteiger partial charge on any atom is -0.461 e. The topological polar surface area (TPSA) is 143 Å². The lowest BCUT2D eigenvalue weighted by atomic mass is 9.97. The first-order valence-electron chi connectivity index (χ1n) is 14.2. The Morgan fingerprint density at radius 3 is 2.67 bits per heavy atom. The molecule has 1 aliphatic rings. The summed E-state index contributed by atoms with van der Waals surface area (Å²) in [5.74, 6) is -0.982. The summed E-state index contributed by atoms with van der Waals surface area (Å²) in [5.41, 5.74) is 11.9. The number of thiophene rings is 1. The van der Waals surface area contributed by atoms with E-state index in [1.165, 1.54) is 30.6 Å². The van der Waals surface area contributed by atoms with E-state index in [4.69, 9.17) is 27.8 Å². The molecule has 0 aliphatic carbocycles. The number of rotatable bonds is 7. The summed E-state index contributed by atoms with van der Waals surface area (Å²) < 4.78 is 52.1. The van der Waals surface area contributed by atoms with Gasteiger partial charge >= 0.3 is 6.01 Å². The second kappa shape index (κ2) is 11.7. The van der Waals surface area contributed by atoms with E-state index in [0.717, 1.165) is 11.3 Å². The van der Waals surface area contributed by atoms with Crippen LogP contribution in [0.15, 0.2) is 30.6 Å². The third-order valence-corrected chi connectivity index (χ3v) is 10.0. The molecule has 1 aliphatic heterocycles. The van der Waals surface area contributed by atoms with Crippen LogP contribution in [0.25, 0.3) is 32.1 Å². The number of fused-ring (bicyclic) bond motifs is 2. The Morgan fingerprint density at radius 1 is 1.26 bits per heavy atom. The third kappa shape index (κ3) is 5.18. The van der Waals surface area contributed by atoms with Gasteiger partial charge in [0.2, 0.25) is 0 Å². The van der Waals surface area contributed by atoms with Crippen LogP contribution in [0.2, 0.25) is 5.02 Å². The van der Waals surface area contributed by atoms with E-state index in [1.807, 2.05) is 24.8 Å². The number of aromatic nitrogens is 4. The van der Waals surface area contributed by atoms with E-state index < -0.39 is 29.4 Å². The normalized spacial score (nSPS) is 19.1. The van der Waals surface area contributed by atoms with Gasteiger partial charge in [0.1, 0.15) is 52.5 Å². The summed E-state index contributed by atoms with van der Waals surface area (Å²) in [6.45, 7) is 3.99. The van der Waals surface area contributed by atoms with Crippen LogP contribution in [-0.4, -0.2) is 63.8 Å². The number of ether oxygens (including phenoxy) is 1. The van der Waals surface area contributed by atoms with Gasteiger partial charge in [0.25, 0.3) is 0 Å². The summed E-state index contributed by atoms with van der Waals surface area (Å²) in [7, 11) is 3.53. The van der Waals surface area contributed by atoms with Gasteiger partial charge in [0.05, 0.1) is 26.9 Å². The molecule has 3 aromatic heterocycles. The molecule has 0 radical (unpaired) electrons. The fraction of sp³-hybridized carbons (Fsp3) is 0.323. The molecule has 3 atom stereocenters. The molecule has 0 bridgehead atoms. The van der Waals surface area contributed by atoms with Gasteiger partial charge in [0, 0.05) is 48.7 Å². The van der Waals surface area contributed by atoms with Crippen LogP contribution >= 0.6 is 22.9 Å². The maximum atomic E-state index is 16.9. The molecule has 0 spiro atoms. The van der Waals surface area contributed by atoms with Crippen LogP contribution in [0.3, 0.4) is 0 Å². The molecule has 0 saturated carbocycles. The second-order valence-corrected chi connectivity index (χ2v) is 13.1. The molecule has 5 aromatic rings. The van der Waals surface area contributed by atoms with Crippen LogP contribution < -0.4 is 21.1 Å². The highest BCUT2D eigenvalue weighted by Crippen LogP contribution is 2.46. The van der Waals surface area contributed by atoms with Crippen LogP contribution in [0.4, 0.5) is 29.8 Å². The van der Waals surface area contributed by atoms with Crippen molar-refractivity contribution >= 4 is 60.6 Å². The van der Waals surface area contributed by atoms with Crippen molar-refractivity contribution in [2.75, 3.05) is 43.6 Å². The van der Waals surface area contributed by atoms with E-state index >= 15 is 4.39 Å². The number of nitriles is 1. The Bertz CT molecular complexity index is 2050. The molecule has 4 N–H and O–H groups in total. The van der Waals surface area contributed by atoms with Crippen LogP contribution in [0.1, 0.15) is 37.6 Å². The molecule has 238 valence electrons. The summed E-state index contributed by atoms with van der Waals surface area (Å²) in [6, 6.07) is 5.39. The van der Waals surface area contributed by atoms with Gasteiger partial charge < -0.3 is 21.1 Å². The SMILES string of the molecule is C[C@H](c1nccnc1N)N(C)c1nc(OC[C@]2(C)C[C@@H](F)CN2C)nc2c(F)c(-c3ccc(F)c4sc(N)c(C#N)c34)c(Cl)cc12. The van der Waals surface area contributed by atoms with Gasteiger partial charge in [-0.25, -0.2) is 18.2 Å². The lowest BCUT2D eigenvalue weighted by Crippen LogP contribution is -2.43. The fourth-order valence-corrected chi connectivity index (χ4v) is 7.14. The number of nitrogen functional groups attached to an aromatic ring is 2. The molecule has 0 unspecified atom stereocenters. The molecule has 0 amide bonds. The zero-order chi connectivity index (χ0) is 33.1. The highest BCUT2D eigenvalue weighted by atomic mass is 35.5. The number of likely N-dealkylation sites (N-methyl/N-ethyl adjacent to an activating group) is 1. The fourth-order valence-electron chi connectivity index (χ4n) is 5.90. The van der Waals surface area contributed by atoms with E-state index in [-0.39, 0.29) is 84.9 Å². The van der Waals surface area contributed by atoms with Gasteiger partial charge in [-0.1, -0.05) is 17.7 Å². The third-order valence-electron chi connectivity index (χ3n) is 8.68. The number of alkyl halides is 1. The first kappa shape index (κ1) is 31.5. The van der Waals surface area contributed by atoms with Gasteiger partial charge in [-0.15, -0.1) is 11.3 Å². The van der Waals surface area contributed by atoms with Crippen LogP contribution in [0, 0.1) is 23.0 Å². The standard InChI is InChI=1S/C31H29ClF3N9OS/c1-14(24-27(37)40-8-7-39-24)44(4)29-17-9-19(32)22(16-5-6-20(34)26-21(16)18(11-36)28(38)46-26)23(35)25(17)41-30(42-29)45-13-31(2)10-15(33)12-43(31)3/h5-9,14-15H,10,12-13,38H2,1-4H3,(H2,37,40)/t14-,15-,31+/m1/s1. The van der Waals surface area contributed by atoms with Gasteiger partial charge in [-0.2, -0.15) is 15.2 Å². The molecule has 15 heteroatoms. The number of hydrogen-bond acceptors (Lipinski definition) is 11. The summed E-state index contributed by atoms with van der Waals surface area (Å²) >= 11 is 7.68. The quantitative estimate of drug-likeness (QED) is 0.204. The lowest BCUT2D eigenvalue weighted by molar-refractivity contribution is 0.108. The van der Waals surface area contributed by atoms with Crippen molar-refractivity contribution in [2.45, 2.75) is 38.0 Å². The molecule has 10 nitrogen and oxygen atoms in total. The molecular weight excluding hydrogens is 639 g/mol. The average Bonchev–Trinajstić information content (AvgIpc) is 3.50. The Hall–Kier alpha value is -4.45. The summed E-state index contributed by atoms with van der Waals surface area (Å²) in [5, 5.41) is 10.3. The minimum atomic E-state index is -1.02. The molecular formula is C31H29ClF3N9OS. The Balaban J connectivity index is 1.56. The Morgan fingerprint density at radius 2 is 2.00 bits per heavy atom. The number of anilines is 3. The van der Waals surface area contributed by atoms with Crippen LogP contribution in [-0.2, 0) is 0 Å². The van der Waals surface area contributed by atoms with Gasteiger partial charge in [0.15, 0.2) is 5.82 Å². The smallest absolute Gasteiger partial charge is 0.319 e. The molecule has 46 heavy (non-hydrogen) atoms. The predicted octanol–water partition coefficient (Wildman–Crippen LogP) is 6.28. The molecule has 2 aromatic carbocycles. The number of nitrogens with two attached hydrogens (primary N) is 2. The summed E-state index contributed by atoms with van der Waals surface area (Å²) in [6.07, 6.45) is 2.21. The van der Waals surface area contributed by atoms with Crippen molar-refractivity contribution < 1.29 is 17.9 Å². The van der Waals surface area contributed by atoms with E-state index in [9.17, 15) is 14.0 Å². The minimum absolute atomic E-state index is 0.0210. The Kier molecular flexibility index (Phi) is 8.04. The van der Waals surface area contributed by atoms with E-state index in [1.54, 1.807) is 19.0 Å². The average molecular weight is 668 g/mol. The number of likely N-dealkylation sites (tertiary alicyclic amines) is 1.